The maximum absolute atomic E-state index is 5.65. The molecular weight excluding hydrogens is 210 g/mol. The first-order valence-electron chi connectivity index (χ1n) is 6.10. The molecule has 0 saturated carbocycles. The first kappa shape index (κ1) is 12.0. The highest BCUT2D eigenvalue weighted by atomic mass is 16.5. The van der Waals surface area contributed by atoms with Crippen molar-refractivity contribution in [1.29, 1.82) is 0 Å². The van der Waals surface area contributed by atoms with Crippen molar-refractivity contribution in [3.8, 4) is 17.6 Å². The normalized spacial score (nSPS) is 15.7. The average molecular weight is 229 g/mol. The minimum absolute atomic E-state index is 0.101. The van der Waals surface area contributed by atoms with Gasteiger partial charge < -0.3 is 10.5 Å². The van der Waals surface area contributed by atoms with Gasteiger partial charge in [-0.05, 0) is 31.2 Å². The Morgan fingerprint density at radius 3 is 3.00 bits per heavy atom. The third-order valence-electron chi connectivity index (χ3n) is 3.04. The molecule has 1 aromatic carbocycles. The van der Waals surface area contributed by atoms with E-state index in [1.807, 2.05) is 12.1 Å². The Hall–Kier alpha value is -1.46. The molecule has 2 nitrogen and oxygen atoms in total. The average Bonchev–Trinajstić information content (AvgIpc) is 2.61. The summed E-state index contributed by atoms with van der Waals surface area (Å²) >= 11 is 0. The van der Waals surface area contributed by atoms with Crippen LogP contribution in [0.15, 0.2) is 18.2 Å². The summed E-state index contributed by atoms with van der Waals surface area (Å²) in [5, 5.41) is 0. The van der Waals surface area contributed by atoms with Crippen molar-refractivity contribution in [2.24, 2.45) is 5.73 Å². The van der Waals surface area contributed by atoms with Crippen LogP contribution in [0.1, 0.15) is 37.8 Å². The van der Waals surface area contributed by atoms with Crippen LogP contribution in [0.3, 0.4) is 0 Å². The smallest absolute Gasteiger partial charge is 0.123 e. The summed E-state index contributed by atoms with van der Waals surface area (Å²) in [6.45, 7) is 5.86. The van der Waals surface area contributed by atoms with Gasteiger partial charge in [0.05, 0.1) is 6.61 Å². The molecule has 90 valence electrons. The van der Waals surface area contributed by atoms with Crippen molar-refractivity contribution in [2.75, 3.05) is 13.2 Å². The lowest BCUT2D eigenvalue weighted by atomic mass is 9.86. The van der Waals surface area contributed by atoms with Crippen molar-refractivity contribution >= 4 is 0 Å². The van der Waals surface area contributed by atoms with Crippen LogP contribution in [0.25, 0.3) is 0 Å². The fourth-order valence-corrected chi connectivity index (χ4v) is 1.95. The van der Waals surface area contributed by atoms with Crippen LogP contribution in [0.5, 0.6) is 5.75 Å². The van der Waals surface area contributed by atoms with E-state index >= 15 is 0 Å². The van der Waals surface area contributed by atoms with Crippen LogP contribution in [0.4, 0.5) is 0 Å². The molecule has 0 aromatic heterocycles. The molecule has 1 aliphatic rings. The van der Waals surface area contributed by atoms with Gasteiger partial charge in [-0.15, -0.1) is 0 Å². The van der Waals surface area contributed by atoms with E-state index in [0.717, 1.165) is 30.8 Å². The van der Waals surface area contributed by atoms with E-state index in [9.17, 15) is 0 Å². The van der Waals surface area contributed by atoms with Gasteiger partial charge in [0.2, 0.25) is 0 Å². The van der Waals surface area contributed by atoms with Crippen molar-refractivity contribution in [3.63, 3.8) is 0 Å². The second-order valence-corrected chi connectivity index (χ2v) is 5.08. The van der Waals surface area contributed by atoms with E-state index in [2.05, 4.69) is 31.8 Å². The fourth-order valence-electron chi connectivity index (χ4n) is 1.95. The Morgan fingerprint density at radius 1 is 1.41 bits per heavy atom. The first-order valence-corrected chi connectivity index (χ1v) is 6.10. The first-order chi connectivity index (χ1) is 8.13. The Labute approximate surface area is 103 Å². The van der Waals surface area contributed by atoms with Gasteiger partial charge >= 0.3 is 0 Å². The lowest BCUT2D eigenvalue weighted by molar-refractivity contribution is 0.291. The standard InChI is InChI=1S/C15H19NO/c1-15(2)11-17-14-8-7-12(10-13(14)15)6-4-3-5-9-16/h7-8,10H,3,5,9,11,16H2,1-2H3. The molecule has 0 amide bonds. The molecular formula is C15H19NO. The van der Waals surface area contributed by atoms with Gasteiger partial charge in [0.15, 0.2) is 0 Å². The van der Waals surface area contributed by atoms with E-state index < -0.39 is 0 Å². The zero-order valence-electron chi connectivity index (χ0n) is 10.5. The van der Waals surface area contributed by atoms with Gasteiger partial charge in [-0.3, -0.25) is 0 Å². The maximum atomic E-state index is 5.65. The van der Waals surface area contributed by atoms with Gasteiger partial charge in [-0.2, -0.15) is 0 Å². The van der Waals surface area contributed by atoms with Crippen molar-refractivity contribution in [2.45, 2.75) is 32.1 Å². The number of ether oxygens (including phenoxy) is 1. The molecule has 1 aliphatic heterocycles. The van der Waals surface area contributed by atoms with E-state index in [-0.39, 0.29) is 5.41 Å². The highest BCUT2D eigenvalue weighted by Gasteiger charge is 2.31. The van der Waals surface area contributed by atoms with Crippen LogP contribution < -0.4 is 10.5 Å². The Balaban J connectivity index is 2.18. The summed E-state index contributed by atoms with van der Waals surface area (Å²) in [5.74, 6) is 7.34. The van der Waals surface area contributed by atoms with E-state index in [0.29, 0.717) is 6.54 Å². The van der Waals surface area contributed by atoms with Crippen LogP contribution in [0.2, 0.25) is 0 Å². The third kappa shape index (κ3) is 2.62. The molecule has 2 heteroatoms. The summed E-state index contributed by atoms with van der Waals surface area (Å²) in [6.07, 6.45) is 1.83. The second-order valence-electron chi connectivity index (χ2n) is 5.08. The Morgan fingerprint density at radius 2 is 2.24 bits per heavy atom. The number of fused-ring (bicyclic) bond motifs is 1. The van der Waals surface area contributed by atoms with Crippen LogP contribution in [-0.2, 0) is 5.41 Å². The zero-order chi connectivity index (χ0) is 12.3. The molecule has 0 aliphatic carbocycles. The molecule has 0 fully saturated rings. The van der Waals surface area contributed by atoms with Gasteiger partial charge in [-0.1, -0.05) is 25.7 Å². The summed E-state index contributed by atoms with van der Waals surface area (Å²) in [7, 11) is 0. The number of benzene rings is 1. The highest BCUT2D eigenvalue weighted by molar-refractivity contribution is 5.49. The number of nitrogens with two attached hydrogens (primary N) is 1. The number of hydrogen-bond donors (Lipinski definition) is 1. The lowest BCUT2D eigenvalue weighted by Crippen LogP contribution is -2.18. The molecule has 0 saturated heterocycles. The maximum Gasteiger partial charge on any atom is 0.123 e. The largest absolute Gasteiger partial charge is 0.492 e. The van der Waals surface area contributed by atoms with Crippen molar-refractivity contribution in [1.82, 2.24) is 0 Å². The quantitative estimate of drug-likeness (QED) is 0.624. The summed E-state index contributed by atoms with van der Waals surface area (Å²) in [4.78, 5) is 0. The topological polar surface area (TPSA) is 35.2 Å². The van der Waals surface area contributed by atoms with Crippen LogP contribution in [-0.4, -0.2) is 13.2 Å². The molecule has 1 aromatic rings. The van der Waals surface area contributed by atoms with Crippen molar-refractivity contribution in [3.05, 3.63) is 29.3 Å². The Bertz CT molecular complexity index is 466. The van der Waals surface area contributed by atoms with Gasteiger partial charge in [0, 0.05) is 23.0 Å². The molecule has 17 heavy (non-hydrogen) atoms. The summed E-state index contributed by atoms with van der Waals surface area (Å²) < 4.78 is 5.65. The van der Waals surface area contributed by atoms with Crippen molar-refractivity contribution < 1.29 is 4.74 Å². The van der Waals surface area contributed by atoms with Crippen LogP contribution in [0, 0.1) is 11.8 Å². The SMILES string of the molecule is CC1(C)COc2ccc(C#CCCCN)cc21. The highest BCUT2D eigenvalue weighted by Crippen LogP contribution is 2.38. The zero-order valence-corrected chi connectivity index (χ0v) is 10.5. The van der Waals surface area contributed by atoms with E-state index in [1.54, 1.807) is 0 Å². The van der Waals surface area contributed by atoms with E-state index in [4.69, 9.17) is 10.5 Å². The summed E-state index contributed by atoms with van der Waals surface area (Å²) in [5.41, 5.74) is 7.87. The Kier molecular flexibility index (Phi) is 3.40. The predicted octanol–water partition coefficient (Wildman–Crippen LogP) is 2.45. The molecule has 0 atom stereocenters. The fraction of sp³-hybridized carbons (Fsp3) is 0.467. The second kappa shape index (κ2) is 4.81. The number of hydrogen-bond acceptors (Lipinski definition) is 2. The molecule has 0 bridgehead atoms. The van der Waals surface area contributed by atoms with Gasteiger partial charge in [0.25, 0.3) is 0 Å². The van der Waals surface area contributed by atoms with E-state index in [1.165, 1.54) is 5.56 Å². The lowest BCUT2D eigenvalue weighted by Gasteiger charge is -2.14. The molecule has 1 heterocycles. The monoisotopic (exact) mass is 229 g/mol. The van der Waals surface area contributed by atoms with Crippen LogP contribution >= 0.6 is 0 Å². The summed E-state index contributed by atoms with van der Waals surface area (Å²) in [6, 6.07) is 6.20. The minimum Gasteiger partial charge on any atom is -0.492 e. The molecule has 0 spiro atoms. The molecule has 2 rings (SSSR count). The van der Waals surface area contributed by atoms with Gasteiger partial charge in [0.1, 0.15) is 5.75 Å². The predicted molar refractivity (Wildman–Crippen MR) is 70.1 cm³/mol. The number of rotatable bonds is 2. The van der Waals surface area contributed by atoms with Gasteiger partial charge in [-0.25, -0.2) is 0 Å². The molecule has 2 N–H and O–H groups in total. The third-order valence-corrected chi connectivity index (χ3v) is 3.04. The number of unbranched alkanes of at least 4 members (excludes halogenated alkanes) is 1. The minimum atomic E-state index is 0.101. The molecule has 0 radical (unpaired) electrons. The molecule has 0 unspecified atom stereocenters.